The number of amidine groups is 1. The number of nitrogens with two attached hydrogens (primary N) is 1. The topological polar surface area (TPSA) is 101 Å². The molecule has 0 aromatic heterocycles. The Morgan fingerprint density at radius 2 is 2.33 bits per heavy atom. The van der Waals surface area contributed by atoms with E-state index in [1.54, 1.807) is 13.3 Å². The Balaban J connectivity index is 2.15. The fraction of sp³-hybridized carbons (Fsp3) is 0.500. The first kappa shape index (κ1) is 9.94. The van der Waals surface area contributed by atoms with Crippen molar-refractivity contribution in [2.45, 2.75) is 12.3 Å². The summed E-state index contributed by atoms with van der Waals surface area (Å²) in [6.07, 6.45) is 1.04. The van der Waals surface area contributed by atoms with Gasteiger partial charge in [0.15, 0.2) is 12.3 Å². The van der Waals surface area contributed by atoms with Crippen LogP contribution in [0.15, 0.2) is 16.9 Å². The minimum absolute atomic E-state index is 0.193. The summed E-state index contributed by atoms with van der Waals surface area (Å²) in [7, 11) is 1.58. The Labute approximate surface area is 86.8 Å². The van der Waals surface area contributed by atoms with Crippen LogP contribution in [0.2, 0.25) is 0 Å². The zero-order valence-electron chi connectivity index (χ0n) is 8.28. The molecule has 2 rings (SSSR count). The molecule has 2 atom stereocenters. The smallest absolute Gasteiger partial charge is 0.252 e. The van der Waals surface area contributed by atoms with Crippen LogP contribution in [0, 0.1) is 0 Å². The molecule has 15 heavy (non-hydrogen) atoms. The van der Waals surface area contributed by atoms with E-state index in [0.29, 0.717) is 12.4 Å². The zero-order valence-corrected chi connectivity index (χ0v) is 8.28. The first-order chi connectivity index (χ1) is 7.20. The molecule has 7 heteroatoms. The van der Waals surface area contributed by atoms with Gasteiger partial charge in [0, 0.05) is 7.11 Å². The molecule has 2 unspecified atom stereocenters. The summed E-state index contributed by atoms with van der Waals surface area (Å²) >= 11 is 0. The van der Waals surface area contributed by atoms with Crippen molar-refractivity contribution in [3.63, 3.8) is 0 Å². The number of nitrogens with one attached hydrogen (secondary N) is 3. The van der Waals surface area contributed by atoms with Crippen LogP contribution in [0.1, 0.15) is 0 Å². The molecule has 5 N–H and O–H groups in total. The number of fused-ring (bicyclic) bond motifs is 1. The van der Waals surface area contributed by atoms with Gasteiger partial charge >= 0.3 is 0 Å². The summed E-state index contributed by atoms with van der Waals surface area (Å²) < 4.78 is 4.94. The molecule has 1 saturated heterocycles. The van der Waals surface area contributed by atoms with Crippen LogP contribution in [0.5, 0.6) is 0 Å². The highest BCUT2D eigenvalue weighted by Gasteiger charge is 2.33. The third kappa shape index (κ3) is 1.92. The van der Waals surface area contributed by atoms with Crippen LogP contribution < -0.4 is 21.7 Å². The summed E-state index contributed by atoms with van der Waals surface area (Å²) in [5, 5.41) is 8.42. The molecule has 0 aromatic rings. The monoisotopic (exact) mass is 211 g/mol. The normalized spacial score (nSPS) is 29.1. The Morgan fingerprint density at radius 3 is 3.07 bits per heavy atom. The number of carbonyl (C=O) groups is 1. The van der Waals surface area contributed by atoms with E-state index >= 15 is 0 Å². The van der Waals surface area contributed by atoms with E-state index in [2.05, 4.69) is 20.9 Å². The van der Waals surface area contributed by atoms with Gasteiger partial charge in [-0.3, -0.25) is 10.5 Å². The maximum Gasteiger partial charge on any atom is 0.252 e. The van der Waals surface area contributed by atoms with E-state index in [4.69, 9.17) is 10.5 Å². The number of methoxy groups -OCH3 is 1. The lowest BCUT2D eigenvalue weighted by atomic mass is 10.1. The molecular weight excluding hydrogens is 198 g/mol. The van der Waals surface area contributed by atoms with Crippen LogP contribution in [0.25, 0.3) is 0 Å². The van der Waals surface area contributed by atoms with E-state index in [0.717, 1.165) is 5.70 Å². The van der Waals surface area contributed by atoms with Crippen LogP contribution in [0.4, 0.5) is 0 Å². The van der Waals surface area contributed by atoms with E-state index in [9.17, 15) is 4.79 Å². The number of amides is 1. The first-order valence-corrected chi connectivity index (χ1v) is 4.55. The Bertz CT molecular complexity index is 338. The van der Waals surface area contributed by atoms with Crippen molar-refractivity contribution in [1.29, 1.82) is 0 Å². The van der Waals surface area contributed by atoms with Gasteiger partial charge in [-0.25, -0.2) is 4.99 Å². The van der Waals surface area contributed by atoms with Crippen molar-refractivity contribution in [3.8, 4) is 0 Å². The third-order valence-electron chi connectivity index (χ3n) is 2.13. The standard InChI is InChI=1S/C8H13N5O2/c1-15-3-4-2-10-6-5(11-4)7(14)13-8(9)12-6/h2,5,8,11H,3,9H2,1H3,(H,10,12)(H,13,14). The summed E-state index contributed by atoms with van der Waals surface area (Å²) in [6, 6.07) is -0.500. The van der Waals surface area contributed by atoms with Gasteiger partial charge in [-0.15, -0.1) is 0 Å². The van der Waals surface area contributed by atoms with Gasteiger partial charge in [-0.2, -0.15) is 0 Å². The molecule has 0 aliphatic carbocycles. The number of nitrogens with zero attached hydrogens (tertiary/aromatic N) is 1. The second-order valence-corrected chi connectivity index (χ2v) is 3.31. The molecule has 1 amide bonds. The minimum atomic E-state index is -0.577. The molecule has 7 nitrogen and oxygen atoms in total. The van der Waals surface area contributed by atoms with Gasteiger partial charge in [0.25, 0.3) is 5.91 Å². The highest BCUT2D eigenvalue weighted by molar-refractivity contribution is 6.09. The van der Waals surface area contributed by atoms with Gasteiger partial charge in [0.2, 0.25) is 0 Å². The largest absolute Gasteiger partial charge is 0.378 e. The second kappa shape index (κ2) is 3.87. The quantitative estimate of drug-likeness (QED) is 0.415. The SMILES string of the molecule is COCC1=CN=C2NC(N)NC(=O)C2N1. The molecule has 2 aliphatic heterocycles. The van der Waals surface area contributed by atoms with Crippen molar-refractivity contribution in [1.82, 2.24) is 16.0 Å². The summed E-state index contributed by atoms with van der Waals surface area (Å²) in [4.78, 5) is 15.7. The Kier molecular flexibility index (Phi) is 2.57. The van der Waals surface area contributed by atoms with E-state index < -0.39 is 12.3 Å². The molecule has 0 aromatic carbocycles. The predicted octanol–water partition coefficient (Wildman–Crippen LogP) is -2.19. The lowest BCUT2D eigenvalue weighted by Gasteiger charge is -2.33. The maximum absolute atomic E-state index is 11.5. The van der Waals surface area contributed by atoms with Gasteiger partial charge in [0.05, 0.1) is 18.5 Å². The molecule has 0 radical (unpaired) electrons. The molecule has 2 aliphatic rings. The van der Waals surface area contributed by atoms with Crippen LogP contribution in [-0.4, -0.2) is 37.8 Å². The van der Waals surface area contributed by atoms with Crippen molar-refractivity contribution < 1.29 is 9.53 Å². The van der Waals surface area contributed by atoms with Crippen LogP contribution in [0.3, 0.4) is 0 Å². The minimum Gasteiger partial charge on any atom is -0.378 e. The Hall–Kier alpha value is -1.60. The first-order valence-electron chi connectivity index (χ1n) is 4.55. The number of carbonyl (C=O) groups excluding carboxylic acids is 1. The van der Waals surface area contributed by atoms with Crippen molar-refractivity contribution >= 4 is 11.7 Å². The molecule has 1 fully saturated rings. The summed E-state index contributed by atoms with van der Waals surface area (Å²) in [6.45, 7) is 0.395. The van der Waals surface area contributed by atoms with Gasteiger partial charge in [0.1, 0.15) is 5.84 Å². The molecule has 0 spiro atoms. The van der Waals surface area contributed by atoms with Crippen molar-refractivity contribution in [2.75, 3.05) is 13.7 Å². The highest BCUT2D eigenvalue weighted by Crippen LogP contribution is 2.05. The number of aliphatic imine (C=N–C) groups is 1. The summed E-state index contributed by atoms with van der Waals surface area (Å²) in [5.74, 6) is 0.341. The third-order valence-corrected chi connectivity index (χ3v) is 2.13. The highest BCUT2D eigenvalue weighted by atomic mass is 16.5. The number of hydrogen-bond donors (Lipinski definition) is 4. The number of rotatable bonds is 2. The molecule has 82 valence electrons. The average Bonchev–Trinajstić information content (AvgIpc) is 2.19. The van der Waals surface area contributed by atoms with E-state index in [-0.39, 0.29) is 5.91 Å². The molecule has 2 heterocycles. The molecule has 0 bridgehead atoms. The molecular formula is C8H13N5O2. The second-order valence-electron chi connectivity index (χ2n) is 3.31. The average molecular weight is 211 g/mol. The maximum atomic E-state index is 11.5. The zero-order chi connectivity index (χ0) is 10.8. The number of ether oxygens (including phenoxy) is 1. The fourth-order valence-electron chi connectivity index (χ4n) is 1.49. The van der Waals surface area contributed by atoms with Gasteiger partial charge < -0.3 is 20.7 Å². The van der Waals surface area contributed by atoms with Crippen LogP contribution >= 0.6 is 0 Å². The van der Waals surface area contributed by atoms with Crippen molar-refractivity contribution in [2.24, 2.45) is 10.7 Å². The van der Waals surface area contributed by atoms with Gasteiger partial charge in [-0.1, -0.05) is 0 Å². The van der Waals surface area contributed by atoms with Gasteiger partial charge in [-0.05, 0) is 0 Å². The lowest BCUT2D eigenvalue weighted by molar-refractivity contribution is -0.123. The van der Waals surface area contributed by atoms with Crippen LogP contribution in [-0.2, 0) is 9.53 Å². The van der Waals surface area contributed by atoms with E-state index in [1.807, 2.05) is 0 Å². The Morgan fingerprint density at radius 1 is 1.53 bits per heavy atom. The lowest BCUT2D eigenvalue weighted by Crippen LogP contribution is -2.69. The predicted molar refractivity (Wildman–Crippen MR) is 53.6 cm³/mol. The molecule has 0 saturated carbocycles. The summed E-state index contributed by atoms with van der Waals surface area (Å²) in [5.41, 5.74) is 6.29. The van der Waals surface area contributed by atoms with E-state index in [1.165, 1.54) is 0 Å². The fourth-order valence-corrected chi connectivity index (χ4v) is 1.49. The number of hydrogen-bond acceptors (Lipinski definition) is 6. The van der Waals surface area contributed by atoms with Crippen molar-refractivity contribution in [3.05, 3.63) is 11.9 Å².